The van der Waals surface area contributed by atoms with E-state index < -0.39 is 12.2 Å². The minimum atomic E-state index is -0.651. The molecule has 10 atom stereocenters. The lowest BCUT2D eigenvalue weighted by Gasteiger charge is -2.19. The van der Waals surface area contributed by atoms with Crippen LogP contribution in [0.2, 0.25) is 0 Å². The van der Waals surface area contributed by atoms with E-state index in [0.717, 1.165) is 52.9 Å². The molecule has 8 rings (SSSR count). The van der Waals surface area contributed by atoms with E-state index in [4.69, 9.17) is 80.5 Å². The number of aliphatic hydroxyl groups excluding tert-OH is 2. The summed E-state index contributed by atoms with van der Waals surface area (Å²) >= 11 is 0. The molecule has 8 heterocycles. The monoisotopic (exact) mass is 830 g/mol. The highest BCUT2D eigenvalue weighted by Crippen LogP contribution is 2.15. The summed E-state index contributed by atoms with van der Waals surface area (Å²) in [5.74, 6) is 0. The molecule has 0 spiro atoms. The van der Waals surface area contributed by atoms with Crippen molar-refractivity contribution in [2.24, 2.45) is 0 Å². The molecule has 0 aromatic carbocycles. The van der Waals surface area contributed by atoms with Crippen molar-refractivity contribution < 1.29 is 90.7 Å². The number of ether oxygens (including phenoxy) is 17. The van der Waals surface area contributed by atoms with Crippen LogP contribution in [0.5, 0.6) is 0 Å². The van der Waals surface area contributed by atoms with Crippen LogP contribution >= 0.6 is 0 Å². The number of epoxide rings is 8. The molecule has 0 amide bonds. The second-order valence-corrected chi connectivity index (χ2v) is 14.6. The lowest BCUT2D eigenvalue weighted by Crippen LogP contribution is -2.31. The molecular formula is C38H70O19. The van der Waals surface area contributed by atoms with Crippen molar-refractivity contribution in [2.45, 2.75) is 88.1 Å². The molecule has 0 aromatic heterocycles. The van der Waals surface area contributed by atoms with E-state index in [0.29, 0.717) is 92.5 Å². The quantitative estimate of drug-likeness (QED) is 0.0745. The molecule has 0 bridgehead atoms. The Kier molecular flexibility index (Phi) is 24.0. The van der Waals surface area contributed by atoms with Gasteiger partial charge in [0.1, 0.15) is 73.2 Å². The fourth-order valence-electron chi connectivity index (χ4n) is 4.52. The summed E-state index contributed by atoms with van der Waals surface area (Å²) in [6.07, 6.45) is 0.587. The van der Waals surface area contributed by atoms with Gasteiger partial charge in [0, 0.05) is 0 Å². The second-order valence-electron chi connectivity index (χ2n) is 14.6. The molecule has 8 saturated heterocycles. The van der Waals surface area contributed by atoms with Gasteiger partial charge in [-0.25, -0.2) is 0 Å². The summed E-state index contributed by atoms with van der Waals surface area (Å²) in [7, 11) is 0. The molecule has 8 aliphatic heterocycles. The fourth-order valence-corrected chi connectivity index (χ4v) is 4.52. The zero-order chi connectivity index (χ0) is 37.9. The zero-order valence-corrected chi connectivity index (χ0v) is 31.7. The van der Waals surface area contributed by atoms with E-state index in [1.54, 1.807) is 0 Å². The molecule has 19 nitrogen and oxygen atoms in total. The first-order valence-electron chi connectivity index (χ1n) is 19.6. The Balaban J connectivity index is 0.000000192. The standard InChI is InChI=1S/C15H26O8.C12H20O6.C9H16O5.2CH4/c16-11(2-18-5-13-7-21-13)1-17-3-12(20-9-15-10-23-15)4-19-6-14-8-22-14;1(13-3-10-5-16-10)9(15-7-12-8-18-12)2-14-4-11-6-17-11;10-7(1-11-3-8-5-13-8)2-12-4-9-6-14-9;;/h11-16H,1-10H2;9-12H,1-8H2;7-10H,1-6H2;2*1H4. The highest BCUT2D eigenvalue weighted by Gasteiger charge is 2.29. The number of rotatable bonds is 34. The van der Waals surface area contributed by atoms with Crippen molar-refractivity contribution in [1.82, 2.24) is 0 Å². The van der Waals surface area contributed by atoms with Crippen molar-refractivity contribution in [3.05, 3.63) is 0 Å². The topological polar surface area (TPSA) is 224 Å². The maximum Gasteiger partial charge on any atom is 0.104 e. The van der Waals surface area contributed by atoms with Gasteiger partial charge >= 0.3 is 0 Å². The summed E-state index contributed by atoms with van der Waals surface area (Å²) < 4.78 is 89.8. The van der Waals surface area contributed by atoms with Gasteiger partial charge in [0.05, 0.1) is 159 Å². The highest BCUT2D eigenvalue weighted by atomic mass is 16.7. The van der Waals surface area contributed by atoms with Gasteiger partial charge in [0.25, 0.3) is 0 Å². The average molecular weight is 831 g/mol. The lowest BCUT2D eigenvalue weighted by molar-refractivity contribution is -0.0836. The maximum atomic E-state index is 9.78. The predicted molar refractivity (Wildman–Crippen MR) is 199 cm³/mol. The smallest absolute Gasteiger partial charge is 0.104 e. The van der Waals surface area contributed by atoms with Gasteiger partial charge in [0.15, 0.2) is 0 Å². The van der Waals surface area contributed by atoms with Crippen LogP contribution in [-0.4, -0.2) is 242 Å². The minimum absolute atomic E-state index is 0. The summed E-state index contributed by atoms with van der Waals surface area (Å²) in [5, 5.41) is 19.2. The molecule has 0 aliphatic carbocycles. The Bertz CT molecular complexity index is 949. The third-order valence-corrected chi connectivity index (χ3v) is 8.53. The third-order valence-electron chi connectivity index (χ3n) is 8.53. The van der Waals surface area contributed by atoms with Crippen LogP contribution in [0, 0.1) is 0 Å². The number of hydrogen-bond donors (Lipinski definition) is 2. The summed E-state index contributed by atoms with van der Waals surface area (Å²) in [6, 6.07) is 0. The van der Waals surface area contributed by atoms with Crippen LogP contribution in [0.3, 0.4) is 0 Å². The predicted octanol–water partition coefficient (Wildman–Crippen LogP) is -0.970. The first-order chi connectivity index (χ1) is 27.0. The van der Waals surface area contributed by atoms with Gasteiger partial charge in [-0.3, -0.25) is 0 Å². The van der Waals surface area contributed by atoms with Crippen LogP contribution in [0.4, 0.5) is 0 Å². The van der Waals surface area contributed by atoms with Crippen molar-refractivity contribution in [1.29, 1.82) is 0 Å². The van der Waals surface area contributed by atoms with Gasteiger partial charge in [-0.2, -0.15) is 0 Å². The highest BCUT2D eigenvalue weighted by molar-refractivity contribution is 4.74. The van der Waals surface area contributed by atoms with Crippen molar-refractivity contribution in [3.8, 4) is 0 Å². The number of aliphatic hydroxyl groups is 2. The van der Waals surface area contributed by atoms with Gasteiger partial charge in [-0.15, -0.1) is 0 Å². The molecule has 2 N–H and O–H groups in total. The third kappa shape index (κ3) is 27.7. The van der Waals surface area contributed by atoms with Crippen molar-refractivity contribution in [3.63, 3.8) is 0 Å². The number of hydrogen-bond acceptors (Lipinski definition) is 19. The fraction of sp³-hybridized carbons (Fsp3) is 1.00. The summed E-state index contributed by atoms with van der Waals surface area (Å²) in [4.78, 5) is 0. The molecule has 0 saturated carbocycles. The van der Waals surface area contributed by atoms with Crippen LogP contribution in [0.25, 0.3) is 0 Å². The Morgan fingerprint density at radius 2 is 0.509 bits per heavy atom. The van der Waals surface area contributed by atoms with E-state index in [9.17, 15) is 10.2 Å². The Labute approximate surface area is 337 Å². The van der Waals surface area contributed by atoms with E-state index in [1.807, 2.05) is 0 Å². The minimum Gasteiger partial charge on any atom is -0.388 e. The van der Waals surface area contributed by atoms with Gasteiger partial charge in [-0.1, -0.05) is 14.9 Å². The SMILES string of the molecule is C.C.C(OCC1CO1)C(COCC1CO1)OCC1CO1.OC(COCC(COCC1CO1)OCC1CO1)COCC1CO1.OC(COCC1CO1)COCC1CO1. The molecule has 8 fully saturated rings. The first kappa shape index (κ1) is 48.9. The first-order valence-corrected chi connectivity index (χ1v) is 19.6. The molecule has 10 unspecified atom stereocenters. The Hall–Kier alpha value is -0.760. The summed E-state index contributed by atoms with van der Waals surface area (Å²) in [5.41, 5.74) is 0. The van der Waals surface area contributed by atoms with Crippen LogP contribution in [0.1, 0.15) is 14.9 Å². The van der Waals surface area contributed by atoms with Gasteiger partial charge in [-0.05, 0) is 0 Å². The van der Waals surface area contributed by atoms with E-state index >= 15 is 0 Å². The lowest BCUT2D eigenvalue weighted by atomic mass is 10.3. The molecule has 57 heavy (non-hydrogen) atoms. The van der Waals surface area contributed by atoms with Crippen molar-refractivity contribution in [2.75, 3.05) is 159 Å². The second kappa shape index (κ2) is 28.0. The van der Waals surface area contributed by atoms with Crippen LogP contribution in [-0.2, 0) is 80.5 Å². The van der Waals surface area contributed by atoms with Crippen molar-refractivity contribution >= 4 is 0 Å². The van der Waals surface area contributed by atoms with Gasteiger partial charge < -0.3 is 90.7 Å². The van der Waals surface area contributed by atoms with E-state index in [1.165, 1.54) is 0 Å². The normalized spacial score (nSPS) is 31.1. The molecule has 8 aliphatic rings. The van der Waals surface area contributed by atoms with E-state index in [2.05, 4.69) is 0 Å². The molecule has 336 valence electrons. The Morgan fingerprint density at radius 3 is 0.754 bits per heavy atom. The van der Waals surface area contributed by atoms with E-state index in [-0.39, 0.29) is 89.1 Å². The average Bonchev–Trinajstić information content (AvgIpc) is 3.97. The van der Waals surface area contributed by atoms with Gasteiger partial charge in [0.2, 0.25) is 0 Å². The zero-order valence-electron chi connectivity index (χ0n) is 31.7. The Morgan fingerprint density at radius 1 is 0.316 bits per heavy atom. The molecule has 0 radical (unpaired) electrons. The summed E-state index contributed by atoms with van der Waals surface area (Å²) in [6.45, 7) is 14.0. The molecule has 19 heteroatoms. The largest absolute Gasteiger partial charge is 0.388 e. The molecule has 0 aromatic rings. The maximum absolute atomic E-state index is 9.78. The molecular weight excluding hydrogens is 760 g/mol. The van der Waals surface area contributed by atoms with Crippen LogP contribution in [0.15, 0.2) is 0 Å². The van der Waals surface area contributed by atoms with Crippen LogP contribution < -0.4 is 0 Å².